The summed E-state index contributed by atoms with van der Waals surface area (Å²) >= 11 is 5.63. The molecule has 0 aromatic heterocycles. The summed E-state index contributed by atoms with van der Waals surface area (Å²) in [6.07, 6.45) is 1.57. The molecule has 0 aliphatic carbocycles. The Morgan fingerprint density at radius 1 is 1.44 bits per heavy atom. The summed E-state index contributed by atoms with van der Waals surface area (Å²) in [4.78, 5) is -0.406. The highest BCUT2D eigenvalue weighted by molar-refractivity contribution is 7.89. The average molecular weight is 266 g/mol. The number of nitrogens with one attached hydrogen (secondary N) is 1. The maximum Gasteiger partial charge on any atom is 0.243 e. The van der Waals surface area contributed by atoms with E-state index < -0.39 is 20.7 Å². The summed E-state index contributed by atoms with van der Waals surface area (Å²) in [7, 11) is -3.80. The molecule has 0 fully saturated rings. The second-order valence-corrected chi connectivity index (χ2v) is 5.50. The van der Waals surface area contributed by atoms with Gasteiger partial charge in [0.1, 0.15) is 10.7 Å². The lowest BCUT2D eigenvalue weighted by Gasteiger charge is -2.07. The van der Waals surface area contributed by atoms with E-state index in [0.717, 1.165) is 18.6 Å². The van der Waals surface area contributed by atoms with E-state index in [1.165, 1.54) is 6.07 Å². The van der Waals surface area contributed by atoms with Gasteiger partial charge in [0.05, 0.1) is 0 Å². The van der Waals surface area contributed by atoms with Crippen LogP contribution in [0.1, 0.15) is 19.8 Å². The second kappa shape index (κ2) is 5.61. The molecule has 3 nitrogen and oxygen atoms in total. The van der Waals surface area contributed by atoms with Crippen LogP contribution in [0, 0.1) is 5.82 Å². The number of unbranched alkanes of at least 4 members (excludes halogenated alkanes) is 1. The molecule has 1 N–H and O–H groups in total. The van der Waals surface area contributed by atoms with Gasteiger partial charge >= 0.3 is 0 Å². The summed E-state index contributed by atoms with van der Waals surface area (Å²) in [6.45, 7) is 2.24. The molecule has 0 saturated carbocycles. The Morgan fingerprint density at radius 3 is 2.75 bits per heavy atom. The van der Waals surface area contributed by atoms with Crippen LogP contribution in [0.2, 0.25) is 5.02 Å². The van der Waals surface area contributed by atoms with Crippen molar-refractivity contribution >= 4 is 21.6 Å². The fourth-order valence-corrected chi connectivity index (χ4v) is 2.56. The van der Waals surface area contributed by atoms with Crippen molar-refractivity contribution in [3.8, 4) is 0 Å². The maximum absolute atomic E-state index is 13.3. The number of sulfonamides is 1. The van der Waals surface area contributed by atoms with Gasteiger partial charge in [-0.25, -0.2) is 17.5 Å². The lowest BCUT2D eigenvalue weighted by Crippen LogP contribution is -2.25. The molecule has 0 bridgehead atoms. The second-order valence-electron chi connectivity index (χ2n) is 3.33. The maximum atomic E-state index is 13.3. The van der Waals surface area contributed by atoms with Crippen LogP contribution in [0.4, 0.5) is 4.39 Å². The molecule has 1 rings (SSSR count). The van der Waals surface area contributed by atoms with Gasteiger partial charge in [0.15, 0.2) is 0 Å². The fraction of sp³-hybridized carbons (Fsp3) is 0.400. The lowest BCUT2D eigenvalue weighted by molar-refractivity contribution is 0.555. The first-order chi connectivity index (χ1) is 7.47. The Kier molecular flexibility index (Phi) is 4.70. The first kappa shape index (κ1) is 13.4. The van der Waals surface area contributed by atoms with E-state index in [1.807, 2.05) is 6.92 Å². The fourth-order valence-electron chi connectivity index (χ4n) is 1.14. The highest BCUT2D eigenvalue weighted by Gasteiger charge is 2.18. The van der Waals surface area contributed by atoms with Gasteiger partial charge < -0.3 is 0 Å². The van der Waals surface area contributed by atoms with Crippen LogP contribution in [0.3, 0.4) is 0 Å². The minimum Gasteiger partial charge on any atom is -0.211 e. The summed E-state index contributed by atoms with van der Waals surface area (Å²) in [5, 5.41) is 0.192. The number of hydrogen-bond acceptors (Lipinski definition) is 2. The van der Waals surface area contributed by atoms with E-state index in [4.69, 9.17) is 11.6 Å². The third-order valence-corrected chi connectivity index (χ3v) is 3.72. The van der Waals surface area contributed by atoms with Crippen molar-refractivity contribution in [2.24, 2.45) is 0 Å². The smallest absolute Gasteiger partial charge is 0.211 e. The van der Waals surface area contributed by atoms with Crippen LogP contribution < -0.4 is 4.72 Å². The molecule has 0 atom stereocenters. The predicted molar refractivity (Wildman–Crippen MR) is 61.5 cm³/mol. The molecule has 0 unspecified atom stereocenters. The standard InChI is InChI=1S/C10H13ClFNO2S/c1-2-3-6-13-16(14,15)10-7-8(11)4-5-9(10)12/h4-5,7,13H,2-3,6H2,1H3. The number of hydrogen-bond donors (Lipinski definition) is 1. The van der Waals surface area contributed by atoms with E-state index >= 15 is 0 Å². The molecule has 0 saturated heterocycles. The Morgan fingerprint density at radius 2 is 2.12 bits per heavy atom. The molecule has 0 amide bonds. The molecule has 1 aromatic rings. The molecule has 16 heavy (non-hydrogen) atoms. The Labute approximate surface area is 99.7 Å². The molecular formula is C10H13ClFNO2S. The van der Waals surface area contributed by atoms with E-state index in [-0.39, 0.29) is 5.02 Å². The van der Waals surface area contributed by atoms with Crippen molar-refractivity contribution < 1.29 is 12.8 Å². The topological polar surface area (TPSA) is 46.2 Å². The average Bonchev–Trinajstić information content (AvgIpc) is 2.22. The molecule has 1 aromatic carbocycles. The first-order valence-corrected chi connectivity index (χ1v) is 6.78. The van der Waals surface area contributed by atoms with Crippen LogP contribution in [0.25, 0.3) is 0 Å². The summed E-state index contributed by atoms with van der Waals surface area (Å²) < 4.78 is 39.0. The van der Waals surface area contributed by atoms with Gasteiger partial charge in [0.2, 0.25) is 10.0 Å². The molecule has 0 spiro atoms. The van der Waals surface area contributed by atoms with Crippen LogP contribution in [0.15, 0.2) is 23.1 Å². The predicted octanol–water partition coefficient (Wildman–Crippen LogP) is 2.56. The van der Waals surface area contributed by atoms with E-state index in [1.54, 1.807) is 0 Å². The minimum absolute atomic E-state index is 0.192. The Hall–Kier alpha value is -0.650. The zero-order chi connectivity index (χ0) is 12.2. The van der Waals surface area contributed by atoms with Crippen molar-refractivity contribution in [3.63, 3.8) is 0 Å². The minimum atomic E-state index is -3.80. The largest absolute Gasteiger partial charge is 0.243 e. The number of rotatable bonds is 5. The highest BCUT2D eigenvalue weighted by atomic mass is 35.5. The molecular weight excluding hydrogens is 253 g/mol. The zero-order valence-corrected chi connectivity index (χ0v) is 10.4. The van der Waals surface area contributed by atoms with Crippen LogP contribution in [-0.4, -0.2) is 15.0 Å². The molecule has 90 valence electrons. The van der Waals surface area contributed by atoms with Gasteiger partial charge in [-0.15, -0.1) is 0 Å². The van der Waals surface area contributed by atoms with Crippen LogP contribution in [0.5, 0.6) is 0 Å². The van der Waals surface area contributed by atoms with Crippen LogP contribution >= 0.6 is 11.6 Å². The molecule has 6 heteroatoms. The van der Waals surface area contributed by atoms with E-state index in [9.17, 15) is 12.8 Å². The number of halogens is 2. The lowest BCUT2D eigenvalue weighted by atomic mass is 10.3. The van der Waals surface area contributed by atoms with Crippen molar-refractivity contribution in [3.05, 3.63) is 29.0 Å². The van der Waals surface area contributed by atoms with Gasteiger partial charge in [-0.1, -0.05) is 24.9 Å². The highest BCUT2D eigenvalue weighted by Crippen LogP contribution is 2.19. The van der Waals surface area contributed by atoms with Crippen LogP contribution in [-0.2, 0) is 10.0 Å². The molecule has 0 aliphatic rings. The molecule has 0 aliphatic heterocycles. The zero-order valence-electron chi connectivity index (χ0n) is 8.83. The van der Waals surface area contributed by atoms with E-state index in [0.29, 0.717) is 13.0 Å². The van der Waals surface area contributed by atoms with Gasteiger partial charge in [0.25, 0.3) is 0 Å². The Balaban J connectivity index is 2.93. The third kappa shape index (κ3) is 3.43. The monoisotopic (exact) mass is 265 g/mol. The SMILES string of the molecule is CCCCNS(=O)(=O)c1cc(Cl)ccc1F. The van der Waals surface area contributed by atoms with Crippen molar-refractivity contribution in [2.75, 3.05) is 6.54 Å². The van der Waals surface area contributed by atoms with Crippen molar-refractivity contribution in [1.82, 2.24) is 4.72 Å². The summed E-state index contributed by atoms with van der Waals surface area (Å²) in [6, 6.07) is 3.45. The van der Waals surface area contributed by atoms with Gasteiger partial charge in [-0.3, -0.25) is 0 Å². The van der Waals surface area contributed by atoms with Crippen molar-refractivity contribution in [1.29, 1.82) is 0 Å². The van der Waals surface area contributed by atoms with E-state index in [2.05, 4.69) is 4.72 Å². The number of benzene rings is 1. The normalized spacial score (nSPS) is 11.7. The van der Waals surface area contributed by atoms with Gasteiger partial charge in [-0.2, -0.15) is 0 Å². The molecule has 0 radical (unpaired) electrons. The molecule has 0 heterocycles. The third-order valence-electron chi connectivity index (χ3n) is 2.01. The summed E-state index contributed by atoms with van der Waals surface area (Å²) in [5.41, 5.74) is 0. The quantitative estimate of drug-likeness (QED) is 0.832. The summed E-state index contributed by atoms with van der Waals surface area (Å²) in [5.74, 6) is -0.798. The first-order valence-electron chi connectivity index (χ1n) is 4.92. The van der Waals surface area contributed by atoms with Gasteiger partial charge in [-0.05, 0) is 24.6 Å². The van der Waals surface area contributed by atoms with Crippen molar-refractivity contribution in [2.45, 2.75) is 24.7 Å². The van der Waals surface area contributed by atoms with Gasteiger partial charge in [0, 0.05) is 11.6 Å². The Bertz CT molecular complexity index is 462.